The van der Waals surface area contributed by atoms with E-state index in [9.17, 15) is 10.5 Å². The lowest BCUT2D eigenvalue weighted by atomic mass is 10.2. The highest BCUT2D eigenvalue weighted by molar-refractivity contribution is 6.99. The quantitative estimate of drug-likeness (QED) is 0.840. The molecule has 0 bridgehead atoms. The molecule has 0 spiro atoms. The van der Waals surface area contributed by atoms with Crippen molar-refractivity contribution in [2.45, 2.75) is 38.0 Å². The predicted octanol–water partition coefficient (Wildman–Crippen LogP) is 2.31. The van der Waals surface area contributed by atoms with Crippen LogP contribution in [0.1, 0.15) is 20.8 Å². The minimum atomic E-state index is -2.87. The maximum absolute atomic E-state index is 9.57. The van der Waals surface area contributed by atoms with E-state index < -0.39 is 20.5 Å². The van der Waals surface area contributed by atoms with Gasteiger partial charge in [-0.25, -0.2) is 0 Å². The van der Waals surface area contributed by atoms with E-state index in [0.717, 1.165) is 10.4 Å². The van der Waals surface area contributed by atoms with E-state index in [1.165, 1.54) is 0 Å². The van der Waals surface area contributed by atoms with Crippen molar-refractivity contribution in [2.24, 2.45) is 5.73 Å². The van der Waals surface area contributed by atoms with Gasteiger partial charge in [0.2, 0.25) is 0 Å². The summed E-state index contributed by atoms with van der Waals surface area (Å²) < 4.78 is 6.51. The highest BCUT2D eigenvalue weighted by Crippen LogP contribution is 2.37. The summed E-state index contributed by atoms with van der Waals surface area (Å²) in [6.07, 6.45) is -0.990. The fourth-order valence-corrected chi connectivity index (χ4v) is 7.72. The van der Waals surface area contributed by atoms with Crippen LogP contribution in [0.15, 0.2) is 60.7 Å². The van der Waals surface area contributed by atoms with E-state index in [1.54, 1.807) is 0 Å². The molecule has 2 aromatic carbocycles. The number of nitriles is 2. The third-order valence-corrected chi connectivity index (χ3v) is 9.34. The lowest BCUT2D eigenvalue weighted by Crippen LogP contribution is -2.68. The topological polar surface area (TPSA) is 82.8 Å². The lowest BCUT2D eigenvalue weighted by Gasteiger charge is -2.44. The number of rotatable bonds is 5. The van der Waals surface area contributed by atoms with Gasteiger partial charge in [-0.05, 0) is 15.4 Å². The van der Waals surface area contributed by atoms with Crippen molar-refractivity contribution in [2.75, 3.05) is 0 Å². The van der Waals surface area contributed by atoms with Gasteiger partial charge in [-0.1, -0.05) is 81.4 Å². The maximum Gasteiger partial charge on any atom is 0.262 e. The highest BCUT2D eigenvalue weighted by atomic mass is 28.4. The molecule has 0 aliphatic rings. The van der Waals surface area contributed by atoms with Crippen LogP contribution >= 0.6 is 0 Å². The van der Waals surface area contributed by atoms with Crippen LogP contribution in [0.4, 0.5) is 0 Å². The molecule has 2 aromatic rings. The van der Waals surface area contributed by atoms with Gasteiger partial charge in [0.1, 0.15) is 6.04 Å². The van der Waals surface area contributed by atoms with Crippen molar-refractivity contribution < 1.29 is 4.43 Å². The molecule has 0 amide bonds. The molecule has 2 N–H and O–H groups in total. The van der Waals surface area contributed by atoms with E-state index in [1.807, 2.05) is 66.7 Å². The minimum absolute atomic E-state index is 0.264. The minimum Gasteiger partial charge on any atom is -0.390 e. The number of benzene rings is 2. The first-order valence-electron chi connectivity index (χ1n) is 8.20. The first-order valence-corrected chi connectivity index (χ1v) is 10.1. The van der Waals surface area contributed by atoms with E-state index in [0.29, 0.717) is 0 Å². The number of hydrogen-bond donors (Lipinski definition) is 1. The molecule has 128 valence electrons. The zero-order valence-corrected chi connectivity index (χ0v) is 15.8. The summed E-state index contributed by atoms with van der Waals surface area (Å²) in [5.74, 6) is 0. The summed E-state index contributed by atoms with van der Waals surface area (Å²) in [5.41, 5.74) is 5.85. The predicted molar refractivity (Wildman–Crippen MR) is 102 cm³/mol. The third-order valence-electron chi connectivity index (χ3n) is 4.32. The average molecular weight is 350 g/mol. The van der Waals surface area contributed by atoms with Crippen molar-refractivity contribution in [3.63, 3.8) is 0 Å². The second kappa shape index (κ2) is 7.63. The monoisotopic (exact) mass is 349 g/mol. The van der Waals surface area contributed by atoms with Crippen molar-refractivity contribution in [3.05, 3.63) is 60.7 Å². The molecular weight excluding hydrogens is 326 g/mol. The van der Waals surface area contributed by atoms with Crippen molar-refractivity contribution in [3.8, 4) is 12.1 Å². The summed E-state index contributed by atoms with van der Waals surface area (Å²) in [6.45, 7) is 6.35. The van der Waals surface area contributed by atoms with Gasteiger partial charge in [-0.3, -0.25) is 0 Å². The zero-order chi connectivity index (χ0) is 18.5. The highest BCUT2D eigenvalue weighted by Gasteiger charge is 2.52. The Morgan fingerprint density at radius 1 is 0.880 bits per heavy atom. The Morgan fingerprint density at radius 3 is 1.64 bits per heavy atom. The van der Waals surface area contributed by atoms with Crippen molar-refractivity contribution >= 4 is 18.7 Å². The molecule has 25 heavy (non-hydrogen) atoms. The van der Waals surface area contributed by atoms with Gasteiger partial charge in [-0.2, -0.15) is 10.5 Å². The van der Waals surface area contributed by atoms with Crippen LogP contribution in [-0.4, -0.2) is 20.5 Å². The molecule has 0 saturated carbocycles. The Labute approximate surface area is 150 Å². The molecule has 0 aliphatic carbocycles. The van der Waals surface area contributed by atoms with E-state index in [2.05, 4.69) is 26.8 Å². The molecule has 5 heteroatoms. The van der Waals surface area contributed by atoms with E-state index in [-0.39, 0.29) is 5.04 Å². The van der Waals surface area contributed by atoms with Crippen LogP contribution in [0, 0.1) is 22.7 Å². The molecule has 2 atom stereocenters. The normalized spacial score (nSPS) is 14.2. The van der Waals surface area contributed by atoms with E-state index in [4.69, 9.17) is 10.2 Å². The molecule has 2 rings (SSSR count). The first-order chi connectivity index (χ1) is 11.9. The van der Waals surface area contributed by atoms with Gasteiger partial charge >= 0.3 is 0 Å². The number of nitrogens with two attached hydrogens (primary N) is 1. The molecule has 0 aromatic heterocycles. The molecular formula is C20H23N3OSi. The molecule has 0 saturated heterocycles. The van der Waals surface area contributed by atoms with Gasteiger partial charge in [0, 0.05) is 0 Å². The summed E-state index contributed by atoms with van der Waals surface area (Å²) in [5, 5.41) is 20.6. The van der Waals surface area contributed by atoms with Crippen LogP contribution in [0.25, 0.3) is 0 Å². The Bertz CT molecular complexity index is 733. The molecule has 0 aliphatic heterocycles. The van der Waals surface area contributed by atoms with Crippen LogP contribution in [-0.2, 0) is 4.43 Å². The average Bonchev–Trinajstić information content (AvgIpc) is 2.62. The fourth-order valence-electron chi connectivity index (χ4n) is 3.13. The second-order valence-electron chi connectivity index (χ2n) is 6.99. The maximum atomic E-state index is 9.57. The Morgan fingerprint density at radius 2 is 1.32 bits per heavy atom. The van der Waals surface area contributed by atoms with Crippen LogP contribution in [0.5, 0.6) is 0 Å². The Kier molecular flexibility index (Phi) is 5.76. The second-order valence-corrected chi connectivity index (χ2v) is 11.2. The standard InChI is InChI=1S/C20H23N3OSi/c1-20(2,3)25(16-10-6-4-7-11-16,17-12-8-5-9-13-17)24-19(15-22)18(23)14-21/h4-13,18-19H,23H2,1-3H3/t18-,19+/m1/s1. The smallest absolute Gasteiger partial charge is 0.262 e. The van der Waals surface area contributed by atoms with Crippen molar-refractivity contribution in [1.82, 2.24) is 0 Å². The molecule has 0 fully saturated rings. The Hall–Kier alpha value is -2.44. The van der Waals surface area contributed by atoms with Gasteiger partial charge < -0.3 is 10.2 Å². The fraction of sp³-hybridized carbons (Fsp3) is 0.300. The molecule has 0 radical (unpaired) electrons. The van der Waals surface area contributed by atoms with E-state index >= 15 is 0 Å². The Balaban J connectivity index is 2.74. The van der Waals surface area contributed by atoms with Gasteiger partial charge in [0.05, 0.1) is 12.1 Å². The molecule has 0 heterocycles. The first kappa shape index (κ1) is 18.9. The summed E-state index contributed by atoms with van der Waals surface area (Å²) in [7, 11) is -2.87. The van der Waals surface area contributed by atoms with Gasteiger partial charge in [0.15, 0.2) is 6.10 Å². The number of nitrogens with zero attached hydrogens (tertiary/aromatic N) is 2. The molecule has 4 nitrogen and oxygen atoms in total. The van der Waals surface area contributed by atoms with Gasteiger partial charge in [0.25, 0.3) is 8.32 Å². The summed E-state index contributed by atoms with van der Waals surface area (Å²) >= 11 is 0. The van der Waals surface area contributed by atoms with Crippen LogP contribution in [0.2, 0.25) is 5.04 Å². The van der Waals surface area contributed by atoms with Crippen LogP contribution in [0.3, 0.4) is 0 Å². The lowest BCUT2D eigenvalue weighted by molar-refractivity contribution is 0.227. The SMILES string of the molecule is CC(C)(C)[Si](O[C@@H](C#N)[C@H](N)C#N)(c1ccccc1)c1ccccc1. The van der Waals surface area contributed by atoms with Crippen LogP contribution < -0.4 is 16.1 Å². The zero-order valence-electron chi connectivity index (χ0n) is 14.8. The summed E-state index contributed by atoms with van der Waals surface area (Å²) in [4.78, 5) is 0. The molecule has 0 unspecified atom stereocenters. The largest absolute Gasteiger partial charge is 0.390 e. The summed E-state index contributed by atoms with van der Waals surface area (Å²) in [6, 6.07) is 23.0. The van der Waals surface area contributed by atoms with Gasteiger partial charge in [-0.15, -0.1) is 0 Å². The number of hydrogen-bond acceptors (Lipinski definition) is 4. The third kappa shape index (κ3) is 3.65. The van der Waals surface area contributed by atoms with Crippen molar-refractivity contribution in [1.29, 1.82) is 10.5 Å².